The highest BCUT2D eigenvalue weighted by Gasteiger charge is 2.25. The molecule has 1 aliphatic rings. The first-order valence-electron chi connectivity index (χ1n) is 10.4. The molecule has 0 spiro atoms. The molecule has 1 aliphatic heterocycles. The molecule has 2 N–H and O–H groups in total. The van der Waals surface area contributed by atoms with Crippen LogP contribution in [0.4, 0.5) is 10.6 Å². The Labute approximate surface area is 176 Å². The molecule has 0 aliphatic carbocycles. The maximum absolute atomic E-state index is 12.7. The van der Waals surface area contributed by atoms with Gasteiger partial charge in [0.05, 0.1) is 6.20 Å². The molecule has 0 unspecified atom stereocenters. The van der Waals surface area contributed by atoms with E-state index in [9.17, 15) is 4.79 Å². The van der Waals surface area contributed by atoms with Gasteiger partial charge in [-0.05, 0) is 51.1 Å². The Hall–Kier alpha value is -2.93. The van der Waals surface area contributed by atoms with Gasteiger partial charge in [0.2, 0.25) is 0 Å². The van der Waals surface area contributed by atoms with Crippen LogP contribution in [0, 0.1) is 6.92 Å². The first-order chi connectivity index (χ1) is 14.3. The zero-order valence-corrected chi connectivity index (χ0v) is 18.0. The van der Waals surface area contributed by atoms with Crippen LogP contribution < -0.4 is 10.6 Å². The molecule has 0 atom stereocenters. The molecule has 0 radical (unpaired) electrons. The lowest BCUT2D eigenvalue weighted by atomic mass is 10.0. The summed E-state index contributed by atoms with van der Waals surface area (Å²) in [6.45, 7) is 9.82. The van der Waals surface area contributed by atoms with Crippen LogP contribution >= 0.6 is 0 Å². The maximum atomic E-state index is 12.7. The van der Waals surface area contributed by atoms with Crippen LogP contribution in [0.1, 0.15) is 39.5 Å². The van der Waals surface area contributed by atoms with Gasteiger partial charge >= 0.3 is 6.03 Å². The zero-order valence-electron chi connectivity index (χ0n) is 18.0. The van der Waals surface area contributed by atoms with Crippen molar-refractivity contribution in [3.63, 3.8) is 0 Å². The SMILES string of the molecule is Cc1ncc(-c2ccc3cnc(NC(=O)N4CCC(NC(C)(C)C)CC4)cc3c2)o1. The Morgan fingerprint density at radius 2 is 1.87 bits per heavy atom. The van der Waals surface area contributed by atoms with Crippen molar-refractivity contribution in [2.75, 3.05) is 18.4 Å². The lowest BCUT2D eigenvalue weighted by molar-refractivity contribution is 0.181. The fraction of sp³-hybridized carbons (Fsp3) is 0.435. The van der Waals surface area contributed by atoms with Crippen LogP contribution in [0.5, 0.6) is 0 Å². The number of piperidine rings is 1. The minimum atomic E-state index is -0.0990. The van der Waals surface area contributed by atoms with Crippen LogP contribution in [-0.2, 0) is 0 Å². The molecule has 3 aromatic rings. The highest BCUT2D eigenvalue weighted by Crippen LogP contribution is 2.26. The largest absolute Gasteiger partial charge is 0.441 e. The average molecular weight is 408 g/mol. The van der Waals surface area contributed by atoms with Crippen LogP contribution in [-0.4, -0.2) is 45.6 Å². The van der Waals surface area contributed by atoms with Crippen molar-refractivity contribution >= 4 is 22.6 Å². The minimum Gasteiger partial charge on any atom is -0.441 e. The van der Waals surface area contributed by atoms with Gasteiger partial charge in [-0.3, -0.25) is 5.32 Å². The Bertz CT molecular complexity index is 1050. The molecule has 2 amide bonds. The van der Waals surface area contributed by atoms with E-state index < -0.39 is 0 Å². The Morgan fingerprint density at radius 3 is 2.53 bits per heavy atom. The molecule has 4 rings (SSSR count). The summed E-state index contributed by atoms with van der Waals surface area (Å²) in [5, 5.41) is 8.56. The van der Waals surface area contributed by atoms with Gasteiger partial charge in [-0.1, -0.05) is 12.1 Å². The number of hydrogen-bond acceptors (Lipinski definition) is 5. The summed E-state index contributed by atoms with van der Waals surface area (Å²) in [6.07, 6.45) is 5.41. The third kappa shape index (κ3) is 4.79. The maximum Gasteiger partial charge on any atom is 0.323 e. The van der Waals surface area contributed by atoms with E-state index in [1.165, 1.54) is 0 Å². The number of anilines is 1. The van der Waals surface area contributed by atoms with Gasteiger partial charge in [0.25, 0.3) is 0 Å². The molecular formula is C23H29N5O2. The van der Waals surface area contributed by atoms with Crippen molar-refractivity contribution in [3.05, 3.63) is 42.5 Å². The predicted octanol–water partition coefficient (Wildman–Crippen LogP) is 4.58. The molecule has 7 nitrogen and oxygen atoms in total. The number of fused-ring (bicyclic) bond motifs is 1. The number of benzene rings is 1. The second-order valence-corrected chi connectivity index (χ2v) is 8.96. The number of likely N-dealkylation sites (tertiary alicyclic amines) is 1. The molecule has 2 aromatic heterocycles. The molecule has 158 valence electrons. The summed E-state index contributed by atoms with van der Waals surface area (Å²) in [5.74, 6) is 1.91. The smallest absolute Gasteiger partial charge is 0.323 e. The monoisotopic (exact) mass is 407 g/mol. The van der Waals surface area contributed by atoms with Gasteiger partial charge < -0.3 is 14.6 Å². The Morgan fingerprint density at radius 1 is 1.10 bits per heavy atom. The summed E-state index contributed by atoms with van der Waals surface area (Å²) in [7, 11) is 0. The van der Waals surface area contributed by atoms with E-state index in [0.29, 0.717) is 17.8 Å². The number of urea groups is 1. The molecule has 1 fully saturated rings. The van der Waals surface area contributed by atoms with E-state index in [2.05, 4.69) is 41.4 Å². The highest BCUT2D eigenvalue weighted by molar-refractivity contribution is 5.93. The number of pyridine rings is 1. The molecule has 0 bridgehead atoms. The molecule has 30 heavy (non-hydrogen) atoms. The Balaban J connectivity index is 1.43. The quantitative estimate of drug-likeness (QED) is 0.664. The number of nitrogens with one attached hydrogen (secondary N) is 2. The normalized spacial score (nSPS) is 15.5. The highest BCUT2D eigenvalue weighted by atomic mass is 16.4. The van der Waals surface area contributed by atoms with E-state index >= 15 is 0 Å². The van der Waals surface area contributed by atoms with Crippen molar-refractivity contribution < 1.29 is 9.21 Å². The topological polar surface area (TPSA) is 83.3 Å². The van der Waals surface area contributed by atoms with E-state index in [0.717, 1.165) is 48.0 Å². The van der Waals surface area contributed by atoms with Gasteiger partial charge in [-0.2, -0.15) is 0 Å². The lowest BCUT2D eigenvalue weighted by Gasteiger charge is -2.36. The van der Waals surface area contributed by atoms with Crippen molar-refractivity contribution in [2.45, 2.75) is 52.1 Å². The molecular weight excluding hydrogens is 378 g/mol. The van der Waals surface area contributed by atoms with Gasteiger partial charge in [0.15, 0.2) is 11.7 Å². The van der Waals surface area contributed by atoms with Crippen molar-refractivity contribution in [2.24, 2.45) is 0 Å². The summed E-state index contributed by atoms with van der Waals surface area (Å²) in [5.41, 5.74) is 1.04. The fourth-order valence-electron chi connectivity index (χ4n) is 3.89. The third-order valence-electron chi connectivity index (χ3n) is 5.28. The molecule has 0 saturated carbocycles. The van der Waals surface area contributed by atoms with Crippen molar-refractivity contribution in [1.29, 1.82) is 0 Å². The number of carbonyl (C=O) groups excluding carboxylic acids is 1. The summed E-state index contributed by atoms with van der Waals surface area (Å²) >= 11 is 0. The average Bonchev–Trinajstić information content (AvgIpc) is 3.13. The van der Waals surface area contributed by atoms with Crippen LogP contribution in [0.2, 0.25) is 0 Å². The van der Waals surface area contributed by atoms with Crippen LogP contribution in [0.25, 0.3) is 22.1 Å². The lowest BCUT2D eigenvalue weighted by Crippen LogP contribution is -2.51. The molecule has 1 aromatic carbocycles. The first-order valence-corrected chi connectivity index (χ1v) is 10.4. The number of rotatable bonds is 3. The van der Waals surface area contributed by atoms with Crippen LogP contribution in [0.15, 0.2) is 41.1 Å². The van der Waals surface area contributed by atoms with Gasteiger partial charge in [0.1, 0.15) is 5.82 Å². The first kappa shape index (κ1) is 20.3. The number of hydrogen-bond donors (Lipinski definition) is 2. The molecule has 7 heteroatoms. The van der Waals surface area contributed by atoms with Gasteiger partial charge in [0, 0.05) is 48.7 Å². The molecule has 3 heterocycles. The fourth-order valence-corrected chi connectivity index (χ4v) is 3.89. The van der Waals surface area contributed by atoms with Crippen molar-refractivity contribution in [1.82, 2.24) is 20.2 Å². The van der Waals surface area contributed by atoms with Gasteiger partial charge in [-0.25, -0.2) is 14.8 Å². The summed E-state index contributed by atoms with van der Waals surface area (Å²) < 4.78 is 5.62. The van der Waals surface area contributed by atoms with Crippen LogP contribution in [0.3, 0.4) is 0 Å². The van der Waals surface area contributed by atoms with E-state index in [1.54, 1.807) is 12.4 Å². The van der Waals surface area contributed by atoms with E-state index in [-0.39, 0.29) is 11.6 Å². The number of aryl methyl sites for hydroxylation is 1. The second kappa shape index (κ2) is 8.07. The van der Waals surface area contributed by atoms with Gasteiger partial charge in [-0.15, -0.1) is 0 Å². The standard InChI is InChI=1S/C23H29N5O2/c1-15-24-14-20(30-15)16-5-6-17-13-25-21(12-18(17)11-16)26-22(29)28-9-7-19(8-10-28)27-23(2,3)4/h5-6,11-14,19,27H,7-10H2,1-4H3,(H,25,26,29). The number of oxazole rings is 1. The number of nitrogens with zero attached hydrogens (tertiary/aromatic N) is 3. The summed E-state index contributed by atoms with van der Waals surface area (Å²) in [4.78, 5) is 23.1. The van der Waals surface area contributed by atoms with E-state index in [4.69, 9.17) is 4.42 Å². The third-order valence-corrected chi connectivity index (χ3v) is 5.28. The second-order valence-electron chi connectivity index (χ2n) is 8.96. The predicted molar refractivity (Wildman–Crippen MR) is 118 cm³/mol. The number of carbonyl (C=O) groups is 1. The molecule has 1 saturated heterocycles. The minimum absolute atomic E-state index is 0.0906. The van der Waals surface area contributed by atoms with Crippen molar-refractivity contribution in [3.8, 4) is 11.3 Å². The summed E-state index contributed by atoms with van der Waals surface area (Å²) in [6, 6.07) is 8.25. The number of aromatic nitrogens is 2. The van der Waals surface area contributed by atoms with E-state index in [1.807, 2.05) is 36.1 Å². The Kier molecular flexibility index (Phi) is 5.47. The number of amides is 2. The zero-order chi connectivity index (χ0) is 21.3.